The van der Waals surface area contributed by atoms with Crippen molar-refractivity contribution >= 4 is 0 Å². The zero-order chi connectivity index (χ0) is 16.1. The molecule has 23 heavy (non-hydrogen) atoms. The highest BCUT2D eigenvalue weighted by Gasteiger charge is 2.16. The molecule has 3 rings (SSSR count). The second-order valence-electron chi connectivity index (χ2n) is 5.43. The van der Waals surface area contributed by atoms with Crippen LogP contribution in [0.15, 0.2) is 60.9 Å². The van der Waals surface area contributed by atoms with Gasteiger partial charge in [0.25, 0.3) is 0 Å². The van der Waals surface area contributed by atoms with Gasteiger partial charge in [-0.25, -0.2) is 9.37 Å². The van der Waals surface area contributed by atoms with Crippen molar-refractivity contribution in [1.82, 2.24) is 9.97 Å². The van der Waals surface area contributed by atoms with Crippen molar-refractivity contribution in [1.29, 1.82) is 5.26 Å². The van der Waals surface area contributed by atoms with Crippen LogP contribution in [0.2, 0.25) is 0 Å². The highest BCUT2D eigenvalue weighted by molar-refractivity contribution is 5.35. The number of hydrogen-bond donors (Lipinski definition) is 1. The van der Waals surface area contributed by atoms with Crippen molar-refractivity contribution < 1.29 is 4.39 Å². The molecule has 1 N–H and O–H groups in total. The summed E-state index contributed by atoms with van der Waals surface area (Å²) in [6, 6.07) is 16.3. The van der Waals surface area contributed by atoms with E-state index in [4.69, 9.17) is 5.26 Å². The van der Waals surface area contributed by atoms with Crippen LogP contribution < -0.4 is 0 Å². The van der Waals surface area contributed by atoms with Gasteiger partial charge in [-0.05, 0) is 48.2 Å². The number of aromatic amines is 1. The van der Waals surface area contributed by atoms with Gasteiger partial charge < -0.3 is 4.98 Å². The molecule has 0 amide bonds. The van der Waals surface area contributed by atoms with Crippen LogP contribution in [0.25, 0.3) is 0 Å². The van der Waals surface area contributed by atoms with Gasteiger partial charge in [0.1, 0.15) is 11.6 Å². The fraction of sp³-hybridized carbons (Fsp3) is 0.158. The minimum Gasteiger partial charge on any atom is -0.348 e. The van der Waals surface area contributed by atoms with Gasteiger partial charge in [0, 0.05) is 18.3 Å². The molecule has 0 fully saturated rings. The number of nitriles is 1. The molecule has 0 radical (unpaired) electrons. The van der Waals surface area contributed by atoms with Crippen molar-refractivity contribution in [2.24, 2.45) is 0 Å². The van der Waals surface area contributed by atoms with Crippen LogP contribution in [0.4, 0.5) is 4.39 Å². The van der Waals surface area contributed by atoms with E-state index >= 15 is 0 Å². The first-order chi connectivity index (χ1) is 11.3. The summed E-state index contributed by atoms with van der Waals surface area (Å²) in [5.41, 5.74) is 2.85. The predicted molar refractivity (Wildman–Crippen MR) is 86.3 cm³/mol. The first-order valence-corrected chi connectivity index (χ1v) is 7.50. The molecule has 1 atom stereocenters. The summed E-state index contributed by atoms with van der Waals surface area (Å²) in [4.78, 5) is 7.55. The van der Waals surface area contributed by atoms with E-state index in [9.17, 15) is 4.39 Å². The SMILES string of the molecule is N#Cc1ccc(C(CCc2ccc(F)cc2)c2ncc[nH]2)cc1. The first kappa shape index (κ1) is 15.0. The average molecular weight is 305 g/mol. The van der Waals surface area contributed by atoms with Gasteiger partial charge in [0.15, 0.2) is 0 Å². The Morgan fingerprint density at radius 3 is 2.43 bits per heavy atom. The van der Waals surface area contributed by atoms with Crippen LogP contribution in [-0.4, -0.2) is 9.97 Å². The number of halogens is 1. The Hall–Kier alpha value is -2.93. The Morgan fingerprint density at radius 1 is 1.09 bits per heavy atom. The highest BCUT2D eigenvalue weighted by atomic mass is 19.1. The standard InChI is InChI=1S/C19H16FN3/c20-17-8-3-14(4-9-17)5-10-18(19-22-11-12-23-19)16-6-1-15(13-21)2-7-16/h1-4,6-9,11-12,18H,5,10H2,(H,22,23). The molecule has 0 saturated carbocycles. The quantitative estimate of drug-likeness (QED) is 0.768. The zero-order valence-electron chi connectivity index (χ0n) is 12.5. The van der Waals surface area contributed by atoms with Crippen molar-refractivity contribution in [3.05, 3.63) is 89.3 Å². The van der Waals surface area contributed by atoms with Crippen molar-refractivity contribution in [2.45, 2.75) is 18.8 Å². The normalized spacial score (nSPS) is 11.8. The minimum atomic E-state index is -0.219. The maximum atomic E-state index is 13.0. The molecule has 0 spiro atoms. The van der Waals surface area contributed by atoms with Gasteiger partial charge >= 0.3 is 0 Å². The van der Waals surface area contributed by atoms with Gasteiger partial charge in [-0.15, -0.1) is 0 Å². The number of aromatic nitrogens is 2. The molecule has 0 bridgehead atoms. The van der Waals surface area contributed by atoms with E-state index < -0.39 is 0 Å². The van der Waals surface area contributed by atoms with E-state index in [1.54, 1.807) is 6.20 Å². The van der Waals surface area contributed by atoms with E-state index in [-0.39, 0.29) is 11.7 Å². The molecular formula is C19H16FN3. The molecule has 0 aliphatic carbocycles. The van der Waals surface area contributed by atoms with Crippen molar-refractivity contribution in [3.8, 4) is 6.07 Å². The fourth-order valence-electron chi connectivity index (χ4n) is 2.68. The number of hydrogen-bond acceptors (Lipinski definition) is 2. The molecule has 1 unspecified atom stereocenters. The van der Waals surface area contributed by atoms with Crippen molar-refractivity contribution in [3.63, 3.8) is 0 Å². The third kappa shape index (κ3) is 3.64. The lowest BCUT2D eigenvalue weighted by atomic mass is 9.91. The van der Waals surface area contributed by atoms with Gasteiger partial charge in [0.2, 0.25) is 0 Å². The summed E-state index contributed by atoms with van der Waals surface area (Å²) in [6.07, 6.45) is 5.23. The van der Waals surface area contributed by atoms with E-state index in [1.807, 2.05) is 42.6 Å². The van der Waals surface area contributed by atoms with Gasteiger partial charge in [-0.1, -0.05) is 24.3 Å². The molecule has 4 heteroatoms. The maximum Gasteiger partial charge on any atom is 0.123 e. The molecular weight excluding hydrogens is 289 g/mol. The highest BCUT2D eigenvalue weighted by Crippen LogP contribution is 2.27. The summed E-state index contributed by atoms with van der Waals surface area (Å²) in [5, 5.41) is 8.93. The Balaban J connectivity index is 1.81. The van der Waals surface area contributed by atoms with Crippen LogP contribution in [0.5, 0.6) is 0 Å². The number of H-pyrrole nitrogens is 1. The first-order valence-electron chi connectivity index (χ1n) is 7.50. The molecule has 0 aliphatic heterocycles. The van der Waals surface area contributed by atoms with E-state index in [0.717, 1.165) is 29.8 Å². The number of benzene rings is 2. The second-order valence-corrected chi connectivity index (χ2v) is 5.43. The van der Waals surface area contributed by atoms with Crippen LogP contribution in [0.3, 0.4) is 0 Å². The van der Waals surface area contributed by atoms with Crippen LogP contribution in [0, 0.1) is 17.1 Å². The van der Waals surface area contributed by atoms with Crippen LogP contribution >= 0.6 is 0 Å². The topological polar surface area (TPSA) is 52.5 Å². The number of nitrogens with zero attached hydrogens (tertiary/aromatic N) is 2. The van der Waals surface area contributed by atoms with E-state index in [2.05, 4.69) is 16.0 Å². The number of imidazole rings is 1. The monoisotopic (exact) mass is 305 g/mol. The van der Waals surface area contributed by atoms with Crippen molar-refractivity contribution in [2.75, 3.05) is 0 Å². The third-order valence-electron chi connectivity index (χ3n) is 3.93. The van der Waals surface area contributed by atoms with Gasteiger partial charge in [0.05, 0.1) is 11.6 Å². The summed E-state index contributed by atoms with van der Waals surface area (Å²) >= 11 is 0. The molecule has 1 heterocycles. The number of nitrogens with one attached hydrogen (secondary N) is 1. The Bertz CT molecular complexity index is 784. The zero-order valence-corrected chi connectivity index (χ0v) is 12.5. The summed E-state index contributed by atoms with van der Waals surface area (Å²) in [7, 11) is 0. The summed E-state index contributed by atoms with van der Waals surface area (Å²) < 4.78 is 13.0. The molecule has 1 aromatic heterocycles. The summed E-state index contributed by atoms with van der Waals surface area (Å²) in [6.45, 7) is 0. The molecule has 3 aromatic rings. The molecule has 114 valence electrons. The molecule has 3 nitrogen and oxygen atoms in total. The van der Waals surface area contributed by atoms with Gasteiger partial charge in [-0.3, -0.25) is 0 Å². The van der Waals surface area contributed by atoms with Crippen LogP contribution in [-0.2, 0) is 6.42 Å². The Labute approximate surface area is 134 Å². The smallest absolute Gasteiger partial charge is 0.123 e. The lowest BCUT2D eigenvalue weighted by molar-refractivity contribution is 0.625. The average Bonchev–Trinajstić information content (AvgIpc) is 3.12. The molecule has 0 saturated heterocycles. The number of aryl methyl sites for hydroxylation is 1. The number of rotatable bonds is 5. The Kier molecular flexibility index (Phi) is 4.49. The molecule has 2 aromatic carbocycles. The van der Waals surface area contributed by atoms with Gasteiger partial charge in [-0.2, -0.15) is 5.26 Å². The maximum absolute atomic E-state index is 13.0. The van der Waals surface area contributed by atoms with Crippen LogP contribution in [0.1, 0.15) is 34.9 Å². The van der Waals surface area contributed by atoms with E-state index in [1.165, 1.54) is 12.1 Å². The Morgan fingerprint density at radius 2 is 1.83 bits per heavy atom. The fourth-order valence-corrected chi connectivity index (χ4v) is 2.68. The predicted octanol–water partition coefficient (Wildman–Crippen LogP) is 4.19. The second kappa shape index (κ2) is 6.89. The lowest BCUT2D eigenvalue weighted by Crippen LogP contribution is -2.05. The third-order valence-corrected chi connectivity index (χ3v) is 3.93. The van der Waals surface area contributed by atoms with E-state index in [0.29, 0.717) is 5.56 Å². The summed E-state index contributed by atoms with van der Waals surface area (Å²) in [5.74, 6) is 0.794. The largest absolute Gasteiger partial charge is 0.348 e. The lowest BCUT2D eigenvalue weighted by Gasteiger charge is -2.15. The molecule has 0 aliphatic rings. The minimum absolute atomic E-state index is 0.114.